The fourth-order valence-corrected chi connectivity index (χ4v) is 5.97. The van der Waals surface area contributed by atoms with Gasteiger partial charge in [0.25, 0.3) is 0 Å². The summed E-state index contributed by atoms with van der Waals surface area (Å²) in [6, 6.07) is 0. The molecule has 138 valence electrons. The molecule has 0 aromatic carbocycles. The van der Waals surface area contributed by atoms with Crippen molar-refractivity contribution in [3.8, 4) is 0 Å². The lowest BCUT2D eigenvalue weighted by Crippen LogP contribution is -2.42. The molecule has 1 saturated heterocycles. The third kappa shape index (κ3) is 3.15. The molecule has 24 heavy (non-hydrogen) atoms. The molecule has 1 spiro atoms. The van der Waals surface area contributed by atoms with Crippen LogP contribution in [0.2, 0.25) is 18.1 Å². The van der Waals surface area contributed by atoms with E-state index in [0.717, 1.165) is 32.7 Å². The Morgan fingerprint density at radius 3 is 2.50 bits per heavy atom. The molecule has 4 atom stereocenters. The minimum absolute atomic E-state index is 0.268. The zero-order chi connectivity index (χ0) is 17.6. The third-order valence-electron chi connectivity index (χ3n) is 7.30. The van der Waals surface area contributed by atoms with Gasteiger partial charge in [-0.15, -0.1) is 6.58 Å². The SMILES string of the molecule is C=CC[C@H]1[C@H](CO[Si](C)(C)C(C)(C)C)C[C@H]2[C@@H]1CCC21OCCO1. The first kappa shape index (κ1) is 18.6. The Bertz CT molecular complexity index is 462. The van der Waals surface area contributed by atoms with Crippen LogP contribution in [0.1, 0.15) is 46.5 Å². The molecule has 3 rings (SSSR count). The van der Waals surface area contributed by atoms with Crippen molar-refractivity contribution in [3.63, 3.8) is 0 Å². The van der Waals surface area contributed by atoms with Gasteiger partial charge in [0.2, 0.25) is 0 Å². The van der Waals surface area contributed by atoms with E-state index in [1.165, 1.54) is 12.8 Å². The van der Waals surface area contributed by atoms with Crippen LogP contribution in [0.3, 0.4) is 0 Å². The van der Waals surface area contributed by atoms with Crippen LogP contribution in [-0.4, -0.2) is 33.9 Å². The van der Waals surface area contributed by atoms with Crippen LogP contribution in [0, 0.1) is 23.7 Å². The quantitative estimate of drug-likeness (QED) is 0.515. The molecular weight excluding hydrogens is 316 g/mol. The molecule has 3 nitrogen and oxygen atoms in total. The van der Waals surface area contributed by atoms with Crippen molar-refractivity contribution < 1.29 is 13.9 Å². The normalized spacial score (nSPS) is 35.5. The second-order valence-corrected chi connectivity index (χ2v) is 14.4. The first-order valence-electron chi connectivity index (χ1n) is 9.73. The van der Waals surface area contributed by atoms with Gasteiger partial charge >= 0.3 is 0 Å². The minimum atomic E-state index is -1.69. The van der Waals surface area contributed by atoms with Crippen LogP contribution in [0.25, 0.3) is 0 Å². The molecule has 1 heterocycles. The lowest BCUT2D eigenvalue weighted by molar-refractivity contribution is -0.184. The van der Waals surface area contributed by atoms with E-state index in [1.54, 1.807) is 0 Å². The summed E-state index contributed by atoms with van der Waals surface area (Å²) < 4.78 is 18.8. The number of hydrogen-bond donors (Lipinski definition) is 0. The van der Waals surface area contributed by atoms with Gasteiger partial charge in [0.1, 0.15) is 0 Å². The van der Waals surface area contributed by atoms with Gasteiger partial charge in [0.15, 0.2) is 14.1 Å². The smallest absolute Gasteiger partial charge is 0.191 e. The molecule has 0 aromatic heterocycles. The highest BCUT2D eigenvalue weighted by atomic mass is 28.4. The minimum Gasteiger partial charge on any atom is -0.417 e. The first-order valence-corrected chi connectivity index (χ1v) is 12.6. The van der Waals surface area contributed by atoms with Crippen molar-refractivity contribution in [1.29, 1.82) is 0 Å². The van der Waals surface area contributed by atoms with Gasteiger partial charge in [-0.3, -0.25) is 0 Å². The Labute approximate surface area is 149 Å². The summed E-state index contributed by atoms with van der Waals surface area (Å²) in [5.74, 6) is 2.31. The topological polar surface area (TPSA) is 27.7 Å². The summed E-state index contributed by atoms with van der Waals surface area (Å²) in [6.45, 7) is 18.1. The lowest BCUT2D eigenvalue weighted by Gasteiger charge is -2.38. The zero-order valence-corrected chi connectivity index (χ0v) is 17.3. The fourth-order valence-electron chi connectivity index (χ4n) is 4.91. The van der Waals surface area contributed by atoms with E-state index in [0.29, 0.717) is 23.7 Å². The van der Waals surface area contributed by atoms with Crippen LogP contribution in [-0.2, 0) is 13.9 Å². The Hall–Kier alpha value is -0.163. The number of allylic oxidation sites excluding steroid dienone is 1. The van der Waals surface area contributed by atoms with Gasteiger partial charge in [-0.1, -0.05) is 26.8 Å². The number of fused-ring (bicyclic) bond motifs is 2. The number of ether oxygens (including phenoxy) is 2. The largest absolute Gasteiger partial charge is 0.417 e. The predicted molar refractivity (Wildman–Crippen MR) is 100 cm³/mol. The molecule has 0 unspecified atom stereocenters. The maximum Gasteiger partial charge on any atom is 0.191 e. The Balaban J connectivity index is 1.70. The van der Waals surface area contributed by atoms with Gasteiger partial charge in [-0.25, -0.2) is 0 Å². The van der Waals surface area contributed by atoms with E-state index in [1.807, 2.05) is 0 Å². The third-order valence-corrected chi connectivity index (χ3v) is 11.8. The predicted octanol–water partition coefficient (Wildman–Crippen LogP) is 4.99. The monoisotopic (exact) mass is 352 g/mol. The summed E-state index contributed by atoms with van der Waals surface area (Å²) in [4.78, 5) is 0. The molecule has 0 N–H and O–H groups in total. The molecule has 0 aromatic rings. The summed E-state index contributed by atoms with van der Waals surface area (Å²) in [7, 11) is -1.69. The highest BCUT2D eigenvalue weighted by Crippen LogP contribution is 2.58. The lowest BCUT2D eigenvalue weighted by atomic mass is 9.85. The molecule has 0 bridgehead atoms. The van der Waals surface area contributed by atoms with Crippen LogP contribution in [0.5, 0.6) is 0 Å². The molecule has 1 aliphatic heterocycles. The molecule has 0 radical (unpaired) electrons. The highest BCUT2D eigenvalue weighted by Gasteiger charge is 2.59. The van der Waals surface area contributed by atoms with Crippen molar-refractivity contribution in [2.24, 2.45) is 23.7 Å². The number of rotatable bonds is 5. The van der Waals surface area contributed by atoms with Crippen LogP contribution < -0.4 is 0 Å². The van der Waals surface area contributed by atoms with Gasteiger partial charge in [0.05, 0.1) is 13.2 Å². The van der Waals surface area contributed by atoms with Crippen LogP contribution in [0.15, 0.2) is 12.7 Å². The van der Waals surface area contributed by atoms with Crippen molar-refractivity contribution in [2.75, 3.05) is 19.8 Å². The van der Waals surface area contributed by atoms with Crippen molar-refractivity contribution >= 4 is 8.32 Å². The van der Waals surface area contributed by atoms with E-state index < -0.39 is 8.32 Å². The average molecular weight is 353 g/mol. The van der Waals surface area contributed by atoms with E-state index >= 15 is 0 Å². The van der Waals surface area contributed by atoms with Crippen molar-refractivity contribution in [3.05, 3.63) is 12.7 Å². The van der Waals surface area contributed by atoms with E-state index in [9.17, 15) is 0 Å². The molecule has 3 aliphatic rings. The molecule has 2 aliphatic carbocycles. The molecule has 4 heteroatoms. The summed E-state index contributed by atoms with van der Waals surface area (Å²) in [6.07, 6.45) is 6.71. The fraction of sp³-hybridized carbons (Fsp3) is 0.900. The van der Waals surface area contributed by atoms with Crippen LogP contribution in [0.4, 0.5) is 0 Å². The van der Waals surface area contributed by atoms with E-state index in [4.69, 9.17) is 13.9 Å². The molecule has 0 amide bonds. The maximum atomic E-state index is 6.59. The maximum absolute atomic E-state index is 6.59. The van der Waals surface area contributed by atoms with Gasteiger partial charge in [-0.05, 0) is 55.1 Å². The summed E-state index contributed by atoms with van der Waals surface area (Å²) >= 11 is 0. The van der Waals surface area contributed by atoms with E-state index in [2.05, 4.69) is 46.5 Å². The molecule has 3 fully saturated rings. The van der Waals surface area contributed by atoms with Crippen molar-refractivity contribution in [2.45, 2.75) is 70.4 Å². The zero-order valence-electron chi connectivity index (χ0n) is 16.3. The van der Waals surface area contributed by atoms with Crippen LogP contribution >= 0.6 is 0 Å². The first-order chi connectivity index (χ1) is 11.2. The average Bonchev–Trinajstić information content (AvgIpc) is 3.16. The molecule has 2 saturated carbocycles. The Kier molecular flexibility index (Phi) is 5.07. The highest BCUT2D eigenvalue weighted by molar-refractivity contribution is 6.74. The second-order valence-electron chi connectivity index (χ2n) is 9.57. The van der Waals surface area contributed by atoms with E-state index in [-0.39, 0.29) is 10.8 Å². The Morgan fingerprint density at radius 2 is 1.92 bits per heavy atom. The summed E-state index contributed by atoms with van der Waals surface area (Å²) in [5.41, 5.74) is 0. The molecular formula is C20H36O3Si. The van der Waals surface area contributed by atoms with Gasteiger partial charge in [-0.2, -0.15) is 0 Å². The second kappa shape index (κ2) is 6.53. The number of hydrogen-bond acceptors (Lipinski definition) is 3. The van der Waals surface area contributed by atoms with Gasteiger partial charge in [0, 0.05) is 18.9 Å². The standard InChI is InChI=1S/C20H36O3Si/c1-7-8-16-15(14-23-24(5,6)19(2,3)4)13-18-17(16)9-10-20(18)21-11-12-22-20/h7,15-18H,1,8-14H2,2-6H3/t15-,16-,17+,18-/m0/s1. The van der Waals surface area contributed by atoms with Gasteiger partial charge < -0.3 is 13.9 Å². The summed E-state index contributed by atoms with van der Waals surface area (Å²) in [5, 5.41) is 0.272. The van der Waals surface area contributed by atoms with Crippen molar-refractivity contribution in [1.82, 2.24) is 0 Å². The Morgan fingerprint density at radius 1 is 1.25 bits per heavy atom.